The smallest absolute Gasteiger partial charge is 0.325 e. The van der Waals surface area contributed by atoms with E-state index in [1.54, 1.807) is 0 Å². The topological polar surface area (TPSA) is 66.9 Å². The molecular formula is C21H25FN2O4S. The molecule has 1 unspecified atom stereocenters. The van der Waals surface area contributed by atoms with Crippen LogP contribution in [0.25, 0.3) is 0 Å². The SMILES string of the molecule is COC(=O)C1CN(CCc2ccccc2)CCS(=O)(=O)N1Cc1ccc(F)cc1. The average Bonchev–Trinajstić information content (AvgIpc) is 2.85. The van der Waals surface area contributed by atoms with Crippen LogP contribution in [0.5, 0.6) is 0 Å². The molecular weight excluding hydrogens is 395 g/mol. The number of carbonyl (C=O) groups excluding carboxylic acids is 1. The summed E-state index contributed by atoms with van der Waals surface area (Å²) in [5, 5.41) is 0. The average molecular weight is 421 g/mol. The number of rotatable bonds is 6. The number of nitrogens with zero attached hydrogens (tertiary/aromatic N) is 2. The molecule has 1 aliphatic heterocycles. The predicted octanol–water partition coefficient (Wildman–Crippen LogP) is 2.06. The lowest BCUT2D eigenvalue weighted by atomic mass is 10.1. The number of hydrogen-bond acceptors (Lipinski definition) is 5. The minimum absolute atomic E-state index is 0.00505. The van der Waals surface area contributed by atoms with Gasteiger partial charge in [0.15, 0.2) is 0 Å². The summed E-state index contributed by atoms with van der Waals surface area (Å²) in [6.07, 6.45) is 0.757. The summed E-state index contributed by atoms with van der Waals surface area (Å²) in [5.41, 5.74) is 1.76. The first-order valence-corrected chi connectivity index (χ1v) is 11.1. The molecule has 8 heteroatoms. The molecule has 0 N–H and O–H groups in total. The second kappa shape index (κ2) is 9.47. The maximum atomic E-state index is 13.2. The standard InChI is InChI=1S/C21H25FN2O4S/c1-28-21(25)20-16-23(12-11-17-5-3-2-4-6-17)13-14-29(26,27)24(20)15-18-7-9-19(22)10-8-18/h2-10,20H,11-16H2,1H3. The summed E-state index contributed by atoms with van der Waals surface area (Å²) < 4.78 is 45.2. The first-order chi connectivity index (χ1) is 13.9. The highest BCUT2D eigenvalue weighted by Crippen LogP contribution is 2.20. The van der Waals surface area contributed by atoms with E-state index in [9.17, 15) is 17.6 Å². The van der Waals surface area contributed by atoms with E-state index < -0.39 is 27.9 Å². The van der Waals surface area contributed by atoms with Gasteiger partial charge in [-0.1, -0.05) is 42.5 Å². The van der Waals surface area contributed by atoms with Crippen LogP contribution in [0.15, 0.2) is 54.6 Å². The zero-order chi connectivity index (χ0) is 20.9. The van der Waals surface area contributed by atoms with Crippen LogP contribution in [0.4, 0.5) is 4.39 Å². The molecule has 0 bridgehead atoms. The third-order valence-corrected chi connectivity index (χ3v) is 6.88. The molecule has 0 amide bonds. The third kappa shape index (κ3) is 5.62. The van der Waals surface area contributed by atoms with Crippen LogP contribution in [-0.4, -0.2) is 62.1 Å². The Labute approximate surface area is 170 Å². The fourth-order valence-corrected chi connectivity index (χ4v) is 5.03. The largest absolute Gasteiger partial charge is 0.468 e. The molecule has 1 saturated heterocycles. The highest BCUT2D eigenvalue weighted by atomic mass is 32.2. The summed E-state index contributed by atoms with van der Waals surface area (Å²) >= 11 is 0. The molecule has 2 aromatic rings. The fraction of sp³-hybridized carbons (Fsp3) is 0.381. The number of esters is 1. The highest BCUT2D eigenvalue weighted by Gasteiger charge is 2.39. The Morgan fingerprint density at radius 2 is 1.79 bits per heavy atom. The molecule has 1 aliphatic rings. The molecule has 6 nitrogen and oxygen atoms in total. The maximum absolute atomic E-state index is 13.2. The minimum Gasteiger partial charge on any atom is -0.468 e. The van der Waals surface area contributed by atoms with E-state index in [1.807, 2.05) is 35.2 Å². The molecule has 0 saturated carbocycles. The lowest BCUT2D eigenvalue weighted by Crippen LogP contribution is -2.48. The first kappa shape index (κ1) is 21.4. The number of halogens is 1. The van der Waals surface area contributed by atoms with Crippen LogP contribution in [-0.2, 0) is 32.5 Å². The lowest BCUT2D eigenvalue weighted by molar-refractivity contribution is -0.145. The molecule has 2 aromatic carbocycles. The van der Waals surface area contributed by atoms with Gasteiger partial charge in [-0.05, 0) is 29.7 Å². The summed E-state index contributed by atoms with van der Waals surface area (Å²) in [5.74, 6) is -1.08. The zero-order valence-electron chi connectivity index (χ0n) is 16.3. The van der Waals surface area contributed by atoms with Gasteiger partial charge in [0.2, 0.25) is 10.0 Å². The second-order valence-electron chi connectivity index (χ2n) is 7.06. The Bertz CT molecular complexity index is 919. The van der Waals surface area contributed by atoms with Crippen LogP contribution in [0, 0.1) is 5.82 Å². The zero-order valence-corrected chi connectivity index (χ0v) is 17.1. The van der Waals surface area contributed by atoms with Crippen molar-refractivity contribution in [3.8, 4) is 0 Å². The van der Waals surface area contributed by atoms with Crippen LogP contribution in [0.1, 0.15) is 11.1 Å². The van der Waals surface area contributed by atoms with Gasteiger partial charge < -0.3 is 4.74 Å². The van der Waals surface area contributed by atoms with E-state index in [4.69, 9.17) is 4.74 Å². The van der Waals surface area contributed by atoms with Gasteiger partial charge in [0.1, 0.15) is 11.9 Å². The normalized spacial score (nSPS) is 20.1. The molecule has 0 radical (unpaired) electrons. The fourth-order valence-electron chi connectivity index (χ4n) is 3.42. The van der Waals surface area contributed by atoms with E-state index in [2.05, 4.69) is 0 Å². The van der Waals surface area contributed by atoms with E-state index in [-0.39, 0.29) is 18.8 Å². The molecule has 1 fully saturated rings. The Balaban J connectivity index is 1.80. The number of ether oxygens (including phenoxy) is 1. The van der Waals surface area contributed by atoms with Gasteiger partial charge in [0.05, 0.1) is 12.9 Å². The number of sulfonamides is 1. The Hall–Kier alpha value is -2.29. The quantitative estimate of drug-likeness (QED) is 0.670. The second-order valence-corrected chi connectivity index (χ2v) is 9.10. The van der Waals surface area contributed by atoms with E-state index in [0.717, 1.165) is 12.0 Å². The van der Waals surface area contributed by atoms with Gasteiger partial charge in [-0.15, -0.1) is 0 Å². The van der Waals surface area contributed by atoms with Crippen molar-refractivity contribution in [3.63, 3.8) is 0 Å². The number of carbonyl (C=O) groups is 1. The lowest BCUT2D eigenvalue weighted by Gasteiger charge is -2.28. The van der Waals surface area contributed by atoms with E-state index in [1.165, 1.54) is 35.7 Å². The monoisotopic (exact) mass is 420 g/mol. The van der Waals surface area contributed by atoms with Gasteiger partial charge in [-0.3, -0.25) is 9.69 Å². The predicted molar refractivity (Wildman–Crippen MR) is 108 cm³/mol. The summed E-state index contributed by atoms with van der Waals surface area (Å²) in [6.45, 7) is 1.22. The number of hydrogen-bond donors (Lipinski definition) is 0. The Kier molecular flexibility index (Phi) is 7.00. The molecule has 1 heterocycles. The summed E-state index contributed by atoms with van der Waals surface area (Å²) in [7, 11) is -2.44. The van der Waals surface area contributed by atoms with Gasteiger partial charge in [0, 0.05) is 26.2 Å². The van der Waals surface area contributed by atoms with Crippen molar-refractivity contribution in [2.45, 2.75) is 19.0 Å². The first-order valence-electron chi connectivity index (χ1n) is 9.47. The summed E-state index contributed by atoms with van der Waals surface area (Å²) in [6, 6.07) is 14.6. The van der Waals surface area contributed by atoms with Gasteiger partial charge in [-0.2, -0.15) is 4.31 Å². The van der Waals surface area contributed by atoms with Crippen molar-refractivity contribution in [1.29, 1.82) is 0 Å². The number of benzene rings is 2. The molecule has 29 heavy (non-hydrogen) atoms. The van der Waals surface area contributed by atoms with Crippen molar-refractivity contribution in [2.24, 2.45) is 0 Å². The van der Waals surface area contributed by atoms with Crippen LogP contribution < -0.4 is 0 Å². The van der Waals surface area contributed by atoms with Crippen molar-refractivity contribution in [2.75, 3.05) is 32.5 Å². The molecule has 1 atom stereocenters. The van der Waals surface area contributed by atoms with Crippen molar-refractivity contribution < 1.29 is 22.3 Å². The van der Waals surface area contributed by atoms with Gasteiger partial charge in [0.25, 0.3) is 0 Å². The van der Waals surface area contributed by atoms with Crippen molar-refractivity contribution in [3.05, 3.63) is 71.5 Å². The summed E-state index contributed by atoms with van der Waals surface area (Å²) in [4.78, 5) is 14.4. The third-order valence-electron chi connectivity index (χ3n) is 5.09. The molecule has 0 aromatic heterocycles. The van der Waals surface area contributed by atoms with Crippen LogP contribution in [0.3, 0.4) is 0 Å². The maximum Gasteiger partial charge on any atom is 0.325 e. The van der Waals surface area contributed by atoms with E-state index in [0.29, 0.717) is 18.7 Å². The minimum atomic E-state index is -3.69. The Morgan fingerprint density at radius 3 is 2.45 bits per heavy atom. The van der Waals surface area contributed by atoms with Crippen molar-refractivity contribution in [1.82, 2.24) is 9.21 Å². The Morgan fingerprint density at radius 1 is 1.10 bits per heavy atom. The van der Waals surface area contributed by atoms with Crippen LogP contribution in [0.2, 0.25) is 0 Å². The van der Waals surface area contributed by atoms with Crippen LogP contribution >= 0.6 is 0 Å². The molecule has 156 valence electrons. The van der Waals surface area contributed by atoms with Gasteiger partial charge in [-0.25, -0.2) is 12.8 Å². The highest BCUT2D eigenvalue weighted by molar-refractivity contribution is 7.89. The molecule has 3 rings (SSSR count). The van der Waals surface area contributed by atoms with Gasteiger partial charge >= 0.3 is 5.97 Å². The molecule has 0 aliphatic carbocycles. The number of methoxy groups -OCH3 is 1. The molecule has 0 spiro atoms. The van der Waals surface area contributed by atoms with E-state index >= 15 is 0 Å². The van der Waals surface area contributed by atoms with Crippen molar-refractivity contribution >= 4 is 16.0 Å².